The van der Waals surface area contributed by atoms with Gasteiger partial charge in [-0.2, -0.15) is 0 Å². The van der Waals surface area contributed by atoms with Crippen molar-refractivity contribution >= 4 is 0 Å². The van der Waals surface area contributed by atoms with Crippen molar-refractivity contribution in [2.24, 2.45) is 0 Å². The molecule has 4 heteroatoms. The largest absolute Gasteiger partial charge is 0.497 e. The Morgan fingerprint density at radius 3 is 2.63 bits per heavy atom. The maximum Gasteiger partial charge on any atom is 0.125 e. The van der Waals surface area contributed by atoms with E-state index in [1.54, 1.807) is 14.2 Å². The number of piperazine rings is 1. The van der Waals surface area contributed by atoms with Crippen LogP contribution in [0.1, 0.15) is 12.0 Å². The Morgan fingerprint density at radius 1 is 1.16 bits per heavy atom. The lowest BCUT2D eigenvalue weighted by molar-refractivity contribution is 0.238. The fourth-order valence-corrected chi connectivity index (χ4v) is 2.49. The molecule has 1 fully saturated rings. The normalized spacial score (nSPS) is 16.3. The third-order valence-corrected chi connectivity index (χ3v) is 3.62. The molecular weight excluding hydrogens is 240 g/mol. The maximum atomic E-state index is 5.43. The van der Waals surface area contributed by atoms with E-state index in [9.17, 15) is 0 Å². The molecule has 0 spiro atoms. The minimum atomic E-state index is 0.850. The van der Waals surface area contributed by atoms with Crippen LogP contribution in [0.5, 0.6) is 11.5 Å². The molecule has 0 amide bonds. The fourth-order valence-electron chi connectivity index (χ4n) is 2.49. The smallest absolute Gasteiger partial charge is 0.125 e. The minimum absolute atomic E-state index is 0.850. The van der Waals surface area contributed by atoms with E-state index in [4.69, 9.17) is 9.47 Å². The highest BCUT2D eigenvalue weighted by atomic mass is 16.5. The quantitative estimate of drug-likeness (QED) is 0.845. The summed E-state index contributed by atoms with van der Waals surface area (Å²) in [4.78, 5) is 2.52. The second kappa shape index (κ2) is 7.36. The van der Waals surface area contributed by atoms with Gasteiger partial charge in [-0.15, -0.1) is 0 Å². The summed E-state index contributed by atoms with van der Waals surface area (Å²) in [5.41, 5.74) is 1.26. The lowest BCUT2D eigenvalue weighted by Gasteiger charge is -2.27. The molecule has 1 aromatic rings. The van der Waals surface area contributed by atoms with E-state index in [1.165, 1.54) is 25.1 Å². The Balaban J connectivity index is 1.84. The average Bonchev–Trinajstić information content (AvgIpc) is 2.48. The topological polar surface area (TPSA) is 33.7 Å². The van der Waals surface area contributed by atoms with Gasteiger partial charge in [-0.1, -0.05) is 6.07 Å². The Hall–Kier alpha value is -1.26. The third kappa shape index (κ3) is 4.11. The van der Waals surface area contributed by atoms with Crippen molar-refractivity contribution in [3.63, 3.8) is 0 Å². The van der Waals surface area contributed by atoms with Gasteiger partial charge >= 0.3 is 0 Å². The third-order valence-electron chi connectivity index (χ3n) is 3.62. The van der Waals surface area contributed by atoms with Crippen molar-refractivity contribution in [2.45, 2.75) is 12.8 Å². The lowest BCUT2D eigenvalue weighted by Crippen LogP contribution is -2.43. The van der Waals surface area contributed by atoms with Crippen molar-refractivity contribution in [1.29, 1.82) is 0 Å². The minimum Gasteiger partial charge on any atom is -0.497 e. The molecule has 106 valence electrons. The number of methoxy groups -OCH3 is 2. The monoisotopic (exact) mass is 264 g/mol. The van der Waals surface area contributed by atoms with Crippen LogP contribution in [0.15, 0.2) is 18.2 Å². The first-order chi connectivity index (χ1) is 9.33. The van der Waals surface area contributed by atoms with Gasteiger partial charge in [0.2, 0.25) is 0 Å². The second-order valence-corrected chi connectivity index (χ2v) is 4.87. The van der Waals surface area contributed by atoms with Gasteiger partial charge in [0.05, 0.1) is 14.2 Å². The van der Waals surface area contributed by atoms with Crippen molar-refractivity contribution < 1.29 is 9.47 Å². The zero-order valence-electron chi connectivity index (χ0n) is 11.9. The summed E-state index contributed by atoms with van der Waals surface area (Å²) in [6, 6.07) is 6.07. The van der Waals surface area contributed by atoms with Gasteiger partial charge in [-0.3, -0.25) is 0 Å². The molecule has 1 N–H and O–H groups in total. The number of nitrogens with one attached hydrogen (secondary N) is 1. The molecule has 1 heterocycles. The number of hydrogen-bond acceptors (Lipinski definition) is 4. The number of ether oxygens (including phenoxy) is 2. The van der Waals surface area contributed by atoms with Gasteiger partial charge in [0, 0.05) is 32.2 Å². The van der Waals surface area contributed by atoms with Crippen LogP contribution in [-0.2, 0) is 6.42 Å². The molecule has 0 atom stereocenters. The van der Waals surface area contributed by atoms with Gasteiger partial charge in [0.25, 0.3) is 0 Å². The molecule has 0 aromatic heterocycles. The number of rotatable bonds is 6. The van der Waals surface area contributed by atoms with Gasteiger partial charge < -0.3 is 19.7 Å². The lowest BCUT2D eigenvalue weighted by atomic mass is 10.1. The molecule has 0 aliphatic carbocycles. The van der Waals surface area contributed by atoms with E-state index in [2.05, 4.69) is 16.3 Å². The SMILES string of the molecule is COc1ccc(CCCN2CCNCC2)c(OC)c1. The molecule has 0 bridgehead atoms. The van der Waals surface area contributed by atoms with Crippen LogP contribution in [-0.4, -0.2) is 51.8 Å². The Labute approximate surface area is 115 Å². The molecule has 1 aliphatic heterocycles. The first-order valence-electron chi connectivity index (χ1n) is 6.97. The highest BCUT2D eigenvalue weighted by molar-refractivity contribution is 5.40. The van der Waals surface area contributed by atoms with Gasteiger partial charge in [0.15, 0.2) is 0 Å². The van der Waals surface area contributed by atoms with Crippen LogP contribution in [0.3, 0.4) is 0 Å². The van der Waals surface area contributed by atoms with Crippen LogP contribution in [0, 0.1) is 0 Å². The average molecular weight is 264 g/mol. The van der Waals surface area contributed by atoms with Crippen molar-refractivity contribution in [3.8, 4) is 11.5 Å². The second-order valence-electron chi connectivity index (χ2n) is 4.87. The number of hydrogen-bond donors (Lipinski definition) is 1. The standard InChI is InChI=1S/C15H24N2O2/c1-18-14-6-5-13(15(12-14)19-2)4-3-9-17-10-7-16-8-11-17/h5-6,12,16H,3-4,7-11H2,1-2H3. The first-order valence-corrected chi connectivity index (χ1v) is 6.97. The van der Waals surface area contributed by atoms with Crippen molar-refractivity contribution in [3.05, 3.63) is 23.8 Å². The molecule has 19 heavy (non-hydrogen) atoms. The Morgan fingerprint density at radius 2 is 1.95 bits per heavy atom. The molecule has 0 radical (unpaired) electrons. The zero-order valence-corrected chi connectivity index (χ0v) is 11.9. The summed E-state index contributed by atoms with van der Waals surface area (Å²) >= 11 is 0. The van der Waals surface area contributed by atoms with Crippen LogP contribution >= 0.6 is 0 Å². The molecule has 2 rings (SSSR count). The molecule has 0 unspecified atom stereocenters. The van der Waals surface area contributed by atoms with Crippen LogP contribution in [0.25, 0.3) is 0 Å². The van der Waals surface area contributed by atoms with Crippen molar-refractivity contribution in [2.75, 3.05) is 46.9 Å². The number of nitrogens with zero attached hydrogens (tertiary/aromatic N) is 1. The fraction of sp³-hybridized carbons (Fsp3) is 0.600. The molecule has 1 aliphatic rings. The van der Waals surface area contributed by atoms with E-state index < -0.39 is 0 Å². The van der Waals surface area contributed by atoms with E-state index in [0.717, 1.165) is 37.6 Å². The van der Waals surface area contributed by atoms with Crippen LogP contribution in [0.2, 0.25) is 0 Å². The summed E-state index contributed by atoms with van der Waals surface area (Å²) < 4.78 is 10.6. The van der Waals surface area contributed by atoms with Gasteiger partial charge in [0.1, 0.15) is 11.5 Å². The number of aryl methyl sites for hydroxylation is 1. The van der Waals surface area contributed by atoms with Gasteiger partial charge in [-0.05, 0) is 31.0 Å². The summed E-state index contributed by atoms with van der Waals surface area (Å²) in [6.45, 7) is 5.73. The summed E-state index contributed by atoms with van der Waals surface area (Å²) in [7, 11) is 3.40. The van der Waals surface area contributed by atoms with E-state index >= 15 is 0 Å². The zero-order chi connectivity index (χ0) is 13.5. The highest BCUT2D eigenvalue weighted by Gasteiger charge is 2.10. The van der Waals surface area contributed by atoms with E-state index in [-0.39, 0.29) is 0 Å². The first kappa shape index (κ1) is 14.2. The summed E-state index contributed by atoms with van der Waals surface area (Å²) in [5.74, 6) is 1.78. The summed E-state index contributed by atoms with van der Waals surface area (Å²) in [5, 5.41) is 3.38. The van der Waals surface area contributed by atoms with E-state index in [0.29, 0.717) is 0 Å². The molecule has 1 aromatic carbocycles. The molecular formula is C15H24N2O2. The maximum absolute atomic E-state index is 5.43. The number of benzene rings is 1. The molecule has 4 nitrogen and oxygen atoms in total. The van der Waals surface area contributed by atoms with E-state index in [1.807, 2.05) is 12.1 Å². The van der Waals surface area contributed by atoms with Crippen LogP contribution in [0.4, 0.5) is 0 Å². The summed E-state index contributed by atoms with van der Waals surface area (Å²) in [6.07, 6.45) is 2.22. The van der Waals surface area contributed by atoms with Gasteiger partial charge in [-0.25, -0.2) is 0 Å². The predicted octanol–water partition coefficient (Wildman–Crippen LogP) is 1.54. The van der Waals surface area contributed by atoms with Crippen LogP contribution < -0.4 is 14.8 Å². The molecule has 1 saturated heterocycles. The Kier molecular flexibility index (Phi) is 5.48. The predicted molar refractivity (Wildman–Crippen MR) is 77.2 cm³/mol. The Bertz CT molecular complexity index is 390. The molecule has 0 saturated carbocycles. The highest BCUT2D eigenvalue weighted by Crippen LogP contribution is 2.25. The van der Waals surface area contributed by atoms with Crippen molar-refractivity contribution in [1.82, 2.24) is 10.2 Å².